The standard InChI is InChI=1S/C21H21N/c1-17(18-10-4-2-5-11-18)22-16-20-14-8-9-15-21(20)19-12-6-3-7-13-19/h2-15,17,22H,16H2,1H3/t17-/m1/s1. The second kappa shape index (κ2) is 7.06. The molecule has 3 rings (SSSR count). The van der Waals surface area contributed by atoms with Gasteiger partial charge in [-0.2, -0.15) is 0 Å². The Morgan fingerprint density at radius 1 is 0.727 bits per heavy atom. The molecule has 0 aliphatic rings. The van der Waals surface area contributed by atoms with E-state index < -0.39 is 0 Å². The van der Waals surface area contributed by atoms with E-state index in [0.29, 0.717) is 6.04 Å². The van der Waals surface area contributed by atoms with E-state index in [2.05, 4.69) is 97.2 Å². The molecule has 0 radical (unpaired) electrons. The molecular weight excluding hydrogens is 266 g/mol. The van der Waals surface area contributed by atoms with Gasteiger partial charge in [0.25, 0.3) is 0 Å². The molecule has 0 saturated carbocycles. The van der Waals surface area contributed by atoms with Crippen LogP contribution >= 0.6 is 0 Å². The second-order valence-corrected chi connectivity index (χ2v) is 5.54. The lowest BCUT2D eigenvalue weighted by Crippen LogP contribution is -2.18. The minimum Gasteiger partial charge on any atom is -0.306 e. The summed E-state index contributed by atoms with van der Waals surface area (Å²) in [5.74, 6) is 0. The molecule has 1 N–H and O–H groups in total. The molecule has 0 aliphatic heterocycles. The third-order valence-electron chi connectivity index (χ3n) is 4.00. The van der Waals surface area contributed by atoms with Crippen LogP contribution in [0.3, 0.4) is 0 Å². The molecule has 1 atom stereocenters. The first kappa shape index (κ1) is 14.6. The number of hydrogen-bond acceptors (Lipinski definition) is 1. The molecule has 0 spiro atoms. The predicted octanol–water partition coefficient (Wildman–Crippen LogP) is 5.20. The highest BCUT2D eigenvalue weighted by atomic mass is 14.9. The Morgan fingerprint density at radius 2 is 1.32 bits per heavy atom. The molecule has 22 heavy (non-hydrogen) atoms. The molecule has 3 aromatic carbocycles. The van der Waals surface area contributed by atoms with Crippen LogP contribution in [0, 0.1) is 0 Å². The lowest BCUT2D eigenvalue weighted by atomic mass is 9.99. The van der Waals surface area contributed by atoms with Crippen molar-refractivity contribution in [3.05, 3.63) is 96.1 Å². The van der Waals surface area contributed by atoms with Crippen LogP contribution in [-0.4, -0.2) is 0 Å². The quantitative estimate of drug-likeness (QED) is 0.679. The van der Waals surface area contributed by atoms with E-state index in [4.69, 9.17) is 0 Å². The van der Waals surface area contributed by atoms with Gasteiger partial charge in [0.2, 0.25) is 0 Å². The van der Waals surface area contributed by atoms with Crippen molar-refractivity contribution < 1.29 is 0 Å². The molecule has 0 bridgehead atoms. The third kappa shape index (κ3) is 3.44. The molecule has 0 fully saturated rings. The van der Waals surface area contributed by atoms with Crippen LogP contribution in [0.25, 0.3) is 11.1 Å². The van der Waals surface area contributed by atoms with Crippen LogP contribution in [0.2, 0.25) is 0 Å². The zero-order valence-electron chi connectivity index (χ0n) is 12.9. The minimum atomic E-state index is 0.338. The van der Waals surface area contributed by atoms with Gasteiger partial charge in [-0.25, -0.2) is 0 Å². The first-order valence-corrected chi connectivity index (χ1v) is 7.76. The molecule has 3 aromatic rings. The normalized spacial score (nSPS) is 12.0. The maximum atomic E-state index is 3.63. The Bertz CT molecular complexity index is 704. The summed E-state index contributed by atoms with van der Waals surface area (Å²) >= 11 is 0. The van der Waals surface area contributed by atoms with Crippen molar-refractivity contribution in [3.8, 4) is 11.1 Å². The molecule has 1 nitrogen and oxygen atoms in total. The van der Waals surface area contributed by atoms with Gasteiger partial charge in [-0.15, -0.1) is 0 Å². The first-order chi connectivity index (χ1) is 10.8. The molecular formula is C21H21N. The fraction of sp³-hybridized carbons (Fsp3) is 0.143. The summed E-state index contributed by atoms with van der Waals surface area (Å²) in [7, 11) is 0. The van der Waals surface area contributed by atoms with E-state index in [9.17, 15) is 0 Å². The van der Waals surface area contributed by atoms with E-state index in [0.717, 1.165) is 6.54 Å². The number of benzene rings is 3. The van der Waals surface area contributed by atoms with E-state index in [-0.39, 0.29) is 0 Å². The third-order valence-corrected chi connectivity index (χ3v) is 4.00. The first-order valence-electron chi connectivity index (χ1n) is 7.76. The Hall–Kier alpha value is -2.38. The highest BCUT2D eigenvalue weighted by Crippen LogP contribution is 2.24. The maximum absolute atomic E-state index is 3.63. The summed E-state index contributed by atoms with van der Waals surface area (Å²) in [6.07, 6.45) is 0. The van der Waals surface area contributed by atoms with Crippen LogP contribution in [0.1, 0.15) is 24.1 Å². The minimum absolute atomic E-state index is 0.338. The number of rotatable bonds is 5. The highest BCUT2D eigenvalue weighted by molar-refractivity contribution is 5.67. The van der Waals surface area contributed by atoms with Crippen LogP contribution in [0.5, 0.6) is 0 Å². The Balaban J connectivity index is 1.76. The van der Waals surface area contributed by atoms with Crippen LogP contribution in [-0.2, 0) is 6.54 Å². The summed E-state index contributed by atoms with van der Waals surface area (Å²) < 4.78 is 0. The van der Waals surface area contributed by atoms with Gasteiger partial charge < -0.3 is 5.32 Å². The average molecular weight is 287 g/mol. The lowest BCUT2D eigenvalue weighted by molar-refractivity contribution is 0.575. The van der Waals surface area contributed by atoms with Gasteiger partial charge in [0.1, 0.15) is 0 Å². The van der Waals surface area contributed by atoms with Crippen molar-refractivity contribution in [2.45, 2.75) is 19.5 Å². The van der Waals surface area contributed by atoms with Gasteiger partial charge in [0.05, 0.1) is 0 Å². The predicted molar refractivity (Wildman–Crippen MR) is 93.6 cm³/mol. The summed E-state index contributed by atoms with van der Waals surface area (Å²) in [4.78, 5) is 0. The maximum Gasteiger partial charge on any atom is 0.0294 e. The van der Waals surface area contributed by atoms with Crippen LogP contribution in [0.4, 0.5) is 0 Å². The van der Waals surface area contributed by atoms with Crippen molar-refractivity contribution in [2.75, 3.05) is 0 Å². The van der Waals surface area contributed by atoms with E-state index in [1.807, 2.05) is 0 Å². The molecule has 0 unspecified atom stereocenters. The Kier molecular flexibility index (Phi) is 4.67. The molecule has 110 valence electrons. The van der Waals surface area contributed by atoms with E-state index in [1.165, 1.54) is 22.3 Å². The highest BCUT2D eigenvalue weighted by Gasteiger charge is 2.07. The summed E-state index contributed by atoms with van der Waals surface area (Å²) in [6.45, 7) is 3.07. The number of nitrogens with one attached hydrogen (secondary N) is 1. The Morgan fingerprint density at radius 3 is 2.05 bits per heavy atom. The lowest BCUT2D eigenvalue weighted by Gasteiger charge is -2.16. The van der Waals surface area contributed by atoms with Gasteiger partial charge in [0, 0.05) is 12.6 Å². The van der Waals surface area contributed by atoms with Crippen molar-refractivity contribution in [1.29, 1.82) is 0 Å². The molecule has 0 amide bonds. The zero-order valence-corrected chi connectivity index (χ0v) is 12.9. The topological polar surface area (TPSA) is 12.0 Å². The van der Waals surface area contributed by atoms with E-state index >= 15 is 0 Å². The molecule has 0 saturated heterocycles. The van der Waals surface area contributed by atoms with Crippen LogP contribution in [0.15, 0.2) is 84.9 Å². The van der Waals surface area contributed by atoms with Crippen LogP contribution < -0.4 is 5.32 Å². The average Bonchev–Trinajstić information content (AvgIpc) is 2.61. The SMILES string of the molecule is C[C@@H](NCc1ccccc1-c1ccccc1)c1ccccc1. The van der Waals surface area contributed by atoms with Crippen molar-refractivity contribution in [2.24, 2.45) is 0 Å². The van der Waals surface area contributed by atoms with Gasteiger partial charge >= 0.3 is 0 Å². The largest absolute Gasteiger partial charge is 0.306 e. The van der Waals surface area contributed by atoms with Gasteiger partial charge in [-0.1, -0.05) is 84.9 Å². The summed E-state index contributed by atoms with van der Waals surface area (Å²) in [6, 6.07) is 30.1. The zero-order chi connectivity index (χ0) is 15.2. The van der Waals surface area contributed by atoms with Gasteiger partial charge in [-0.3, -0.25) is 0 Å². The number of hydrogen-bond donors (Lipinski definition) is 1. The molecule has 1 heteroatoms. The fourth-order valence-electron chi connectivity index (χ4n) is 2.70. The van der Waals surface area contributed by atoms with Gasteiger partial charge in [-0.05, 0) is 29.2 Å². The molecule has 0 aliphatic carbocycles. The van der Waals surface area contributed by atoms with Gasteiger partial charge in [0.15, 0.2) is 0 Å². The monoisotopic (exact) mass is 287 g/mol. The van der Waals surface area contributed by atoms with E-state index in [1.54, 1.807) is 0 Å². The van der Waals surface area contributed by atoms with Crippen molar-refractivity contribution >= 4 is 0 Å². The molecule has 0 heterocycles. The Labute approximate surface area is 132 Å². The smallest absolute Gasteiger partial charge is 0.0294 e. The van der Waals surface area contributed by atoms with Crippen molar-refractivity contribution in [1.82, 2.24) is 5.32 Å². The fourth-order valence-corrected chi connectivity index (χ4v) is 2.70. The summed E-state index contributed by atoms with van der Waals surface area (Å²) in [5.41, 5.74) is 5.22. The second-order valence-electron chi connectivity index (χ2n) is 5.54. The summed E-state index contributed by atoms with van der Waals surface area (Å²) in [5, 5.41) is 3.63. The van der Waals surface area contributed by atoms with Crippen molar-refractivity contribution in [3.63, 3.8) is 0 Å². The molecule has 0 aromatic heterocycles.